The first-order chi connectivity index (χ1) is 18.9. The minimum absolute atomic E-state index is 0.000403. The zero-order chi connectivity index (χ0) is 28.7. The summed E-state index contributed by atoms with van der Waals surface area (Å²) >= 11 is 0. The number of sulfonamides is 1. The Kier molecular flexibility index (Phi) is 7.65. The second-order valence-electron chi connectivity index (χ2n) is 12.3. The molecule has 40 heavy (non-hydrogen) atoms. The number of rotatable bonds is 9. The zero-order valence-electron chi connectivity index (χ0n) is 23.1. The first-order valence-electron chi connectivity index (χ1n) is 14.1. The van der Waals surface area contributed by atoms with Crippen molar-refractivity contribution < 1.29 is 27.9 Å². The lowest BCUT2D eigenvalue weighted by molar-refractivity contribution is -0.142. The normalized spacial score (nSPS) is 26.9. The minimum Gasteiger partial charge on any atom is -0.480 e. The van der Waals surface area contributed by atoms with Gasteiger partial charge in [0.2, 0.25) is 15.9 Å². The van der Waals surface area contributed by atoms with Gasteiger partial charge in [-0.05, 0) is 53.7 Å². The van der Waals surface area contributed by atoms with Crippen LogP contribution in [0.4, 0.5) is 0 Å². The van der Waals surface area contributed by atoms with Crippen molar-refractivity contribution in [2.24, 2.45) is 22.7 Å². The Hall–Kier alpha value is -3.04. The monoisotopic (exact) mass is 566 g/mol. The Morgan fingerprint density at radius 3 is 2.33 bits per heavy atom. The smallest absolute Gasteiger partial charge is 0.326 e. The maximum atomic E-state index is 13.6. The molecule has 3 fully saturated rings. The van der Waals surface area contributed by atoms with Gasteiger partial charge in [0, 0.05) is 31.3 Å². The Morgan fingerprint density at radius 2 is 1.73 bits per heavy atom. The van der Waals surface area contributed by atoms with Crippen LogP contribution in [-0.2, 0) is 30.8 Å². The van der Waals surface area contributed by atoms with Crippen LogP contribution in [0.3, 0.4) is 0 Å². The highest BCUT2D eigenvalue weighted by Gasteiger charge is 2.65. The van der Waals surface area contributed by atoms with Gasteiger partial charge in [0.25, 0.3) is 0 Å². The van der Waals surface area contributed by atoms with Crippen LogP contribution < -0.4 is 5.32 Å². The number of carbonyl (C=O) groups is 3. The van der Waals surface area contributed by atoms with Crippen molar-refractivity contribution >= 4 is 27.7 Å². The van der Waals surface area contributed by atoms with Gasteiger partial charge in [0.15, 0.2) is 0 Å². The fourth-order valence-electron chi connectivity index (χ4n) is 7.11. The van der Waals surface area contributed by atoms with Crippen LogP contribution in [0.5, 0.6) is 0 Å². The average Bonchev–Trinajstić information content (AvgIpc) is 3.28. The van der Waals surface area contributed by atoms with E-state index in [-0.39, 0.29) is 35.8 Å². The highest BCUT2D eigenvalue weighted by molar-refractivity contribution is 7.89. The Morgan fingerprint density at radius 1 is 1.05 bits per heavy atom. The zero-order valence-corrected chi connectivity index (χ0v) is 24.0. The molecule has 1 saturated heterocycles. The molecule has 2 aliphatic carbocycles. The molecule has 1 heterocycles. The SMILES string of the molecule is CC1(C)C2CCC1(CS(=O)(=O)N1CCCC(C(=O)N[C@@H](Cc3ccc(-c4ccccc4)cc3)C(=O)O)C1)C(=O)C2. The number of fused-ring (bicyclic) bond motifs is 2. The van der Waals surface area contributed by atoms with E-state index in [0.29, 0.717) is 32.2 Å². The van der Waals surface area contributed by atoms with Gasteiger partial charge in [-0.15, -0.1) is 0 Å². The van der Waals surface area contributed by atoms with Gasteiger partial charge >= 0.3 is 5.97 Å². The molecular weight excluding hydrogens is 528 g/mol. The van der Waals surface area contributed by atoms with Gasteiger partial charge in [-0.2, -0.15) is 0 Å². The van der Waals surface area contributed by atoms with Crippen molar-refractivity contribution in [1.29, 1.82) is 0 Å². The molecule has 5 rings (SSSR count). The predicted octanol–water partition coefficient (Wildman–Crippen LogP) is 3.90. The van der Waals surface area contributed by atoms with Crippen molar-refractivity contribution in [3.05, 3.63) is 60.2 Å². The van der Waals surface area contributed by atoms with Gasteiger partial charge in [-0.25, -0.2) is 17.5 Å². The molecule has 214 valence electrons. The average molecular weight is 567 g/mol. The van der Waals surface area contributed by atoms with E-state index in [2.05, 4.69) is 5.32 Å². The van der Waals surface area contributed by atoms with Crippen molar-refractivity contribution in [2.45, 2.75) is 58.4 Å². The molecule has 0 radical (unpaired) electrons. The van der Waals surface area contributed by atoms with Crippen LogP contribution in [-0.4, -0.2) is 60.4 Å². The van der Waals surface area contributed by atoms with Crippen LogP contribution >= 0.6 is 0 Å². The maximum absolute atomic E-state index is 13.6. The molecule has 2 N–H and O–H groups in total. The number of aliphatic carboxylic acids is 1. The van der Waals surface area contributed by atoms with E-state index in [4.69, 9.17) is 0 Å². The molecule has 1 aliphatic heterocycles. The second kappa shape index (κ2) is 10.7. The molecule has 2 saturated carbocycles. The second-order valence-corrected chi connectivity index (χ2v) is 14.3. The summed E-state index contributed by atoms with van der Waals surface area (Å²) in [5, 5.41) is 12.5. The third-order valence-corrected chi connectivity index (χ3v) is 11.8. The van der Waals surface area contributed by atoms with Crippen molar-refractivity contribution in [3.8, 4) is 11.1 Å². The molecule has 3 unspecified atom stereocenters. The topological polar surface area (TPSA) is 121 Å². The third kappa shape index (κ3) is 5.21. The molecule has 4 atom stereocenters. The summed E-state index contributed by atoms with van der Waals surface area (Å²) in [4.78, 5) is 38.2. The molecule has 2 aromatic rings. The van der Waals surface area contributed by atoms with Gasteiger partial charge in [0.05, 0.1) is 11.7 Å². The maximum Gasteiger partial charge on any atom is 0.326 e. The van der Waals surface area contributed by atoms with Crippen LogP contribution in [0.2, 0.25) is 0 Å². The van der Waals surface area contributed by atoms with E-state index >= 15 is 0 Å². The number of nitrogens with one attached hydrogen (secondary N) is 1. The summed E-state index contributed by atoms with van der Waals surface area (Å²) in [6.07, 6.45) is 3.00. The third-order valence-electron chi connectivity index (χ3n) is 9.83. The number of piperidine rings is 1. The number of ketones is 1. The van der Waals surface area contributed by atoms with Crippen molar-refractivity contribution in [1.82, 2.24) is 9.62 Å². The Bertz CT molecular complexity index is 1390. The Balaban J connectivity index is 1.23. The molecule has 0 aromatic heterocycles. The Labute approximate surface area is 236 Å². The van der Waals surface area contributed by atoms with Crippen LogP contribution in [0.25, 0.3) is 11.1 Å². The quantitative estimate of drug-likeness (QED) is 0.475. The number of hydrogen-bond acceptors (Lipinski definition) is 5. The summed E-state index contributed by atoms with van der Waals surface area (Å²) in [7, 11) is -3.79. The largest absolute Gasteiger partial charge is 0.480 e. The van der Waals surface area contributed by atoms with Gasteiger partial charge in [-0.1, -0.05) is 68.4 Å². The molecule has 3 aliphatic rings. The number of carboxylic acids is 1. The standard InChI is InChI=1S/C31H38N2O6S/c1-30(2)25-14-15-31(30,27(34)18-25)20-40(38,39)33-16-6-9-24(19-33)28(35)32-26(29(36)37)17-21-10-12-23(13-11-21)22-7-4-3-5-8-22/h3-5,7-8,10-13,24-26H,6,9,14-20H2,1-2H3,(H,32,35)(H,36,37)/t24?,25?,26-,31?/m0/s1. The summed E-state index contributed by atoms with van der Waals surface area (Å²) in [6, 6.07) is 16.3. The molecule has 9 heteroatoms. The number of amides is 1. The van der Waals surface area contributed by atoms with E-state index in [9.17, 15) is 27.9 Å². The molecular formula is C31H38N2O6S. The first kappa shape index (κ1) is 28.5. The molecule has 1 amide bonds. The summed E-state index contributed by atoms with van der Waals surface area (Å²) < 4.78 is 28.5. The first-order valence-corrected chi connectivity index (χ1v) is 15.7. The number of carbonyl (C=O) groups excluding carboxylic acids is 2. The number of hydrogen-bond donors (Lipinski definition) is 2. The molecule has 0 spiro atoms. The van der Waals surface area contributed by atoms with E-state index < -0.39 is 39.3 Å². The number of nitrogens with zero attached hydrogens (tertiary/aromatic N) is 1. The lowest BCUT2D eigenvalue weighted by atomic mass is 9.70. The highest BCUT2D eigenvalue weighted by Crippen LogP contribution is 2.64. The number of carboxylic acid groups (broad SMARTS) is 1. The lowest BCUT2D eigenvalue weighted by Gasteiger charge is -2.39. The van der Waals surface area contributed by atoms with Gasteiger partial charge in [0.1, 0.15) is 11.8 Å². The van der Waals surface area contributed by atoms with E-state index in [1.165, 1.54) is 4.31 Å². The summed E-state index contributed by atoms with van der Waals surface area (Å²) in [6.45, 7) is 4.33. The van der Waals surface area contributed by atoms with Gasteiger partial charge in [-0.3, -0.25) is 9.59 Å². The summed E-state index contributed by atoms with van der Waals surface area (Å²) in [5.74, 6) is -2.19. The van der Waals surface area contributed by atoms with Crippen LogP contribution in [0.1, 0.15) is 51.5 Å². The fourth-order valence-corrected chi connectivity index (χ4v) is 9.41. The fraction of sp³-hybridized carbons (Fsp3) is 0.516. The van der Waals surface area contributed by atoms with Crippen LogP contribution in [0, 0.1) is 22.7 Å². The molecule has 2 aromatic carbocycles. The van der Waals surface area contributed by atoms with Crippen LogP contribution in [0.15, 0.2) is 54.6 Å². The van der Waals surface area contributed by atoms with E-state index in [0.717, 1.165) is 23.1 Å². The lowest BCUT2D eigenvalue weighted by Crippen LogP contribution is -2.52. The summed E-state index contributed by atoms with van der Waals surface area (Å²) in [5.41, 5.74) is 1.62. The van der Waals surface area contributed by atoms with E-state index in [1.54, 1.807) is 0 Å². The number of Topliss-reactive ketones (excluding diaryl/α,β-unsaturated/α-hetero) is 1. The number of benzene rings is 2. The molecule has 8 nitrogen and oxygen atoms in total. The van der Waals surface area contributed by atoms with Gasteiger partial charge < -0.3 is 10.4 Å². The minimum atomic E-state index is -3.79. The molecule has 2 bridgehead atoms. The predicted molar refractivity (Wildman–Crippen MR) is 152 cm³/mol. The van der Waals surface area contributed by atoms with Crippen molar-refractivity contribution in [3.63, 3.8) is 0 Å². The highest BCUT2D eigenvalue weighted by atomic mass is 32.2. The van der Waals surface area contributed by atoms with E-state index in [1.807, 2.05) is 68.4 Å². The van der Waals surface area contributed by atoms with Crippen molar-refractivity contribution in [2.75, 3.05) is 18.8 Å².